The summed E-state index contributed by atoms with van der Waals surface area (Å²) in [5, 5.41) is 5.05. The molecule has 4 rings (SSSR count). The summed E-state index contributed by atoms with van der Waals surface area (Å²) in [7, 11) is 0. The molecule has 2 nitrogen and oxygen atoms in total. The number of hydrogen-bond acceptors (Lipinski definition) is 2. The minimum atomic E-state index is 0.103. The Morgan fingerprint density at radius 3 is 1.23 bits per heavy atom. The van der Waals surface area contributed by atoms with Gasteiger partial charge in [0.1, 0.15) is 0 Å². The van der Waals surface area contributed by atoms with Gasteiger partial charge < -0.3 is 11.5 Å². The molecule has 0 aromatic heterocycles. The van der Waals surface area contributed by atoms with Gasteiger partial charge in [-0.1, -0.05) is 84.9 Å². The summed E-state index contributed by atoms with van der Waals surface area (Å²) < 4.78 is 0. The molecule has 4 N–H and O–H groups in total. The van der Waals surface area contributed by atoms with Crippen molar-refractivity contribution in [2.24, 2.45) is 11.5 Å². The molecule has 132 valence electrons. The zero-order valence-corrected chi connectivity index (χ0v) is 15.4. The molecule has 0 fully saturated rings. The van der Waals surface area contributed by atoms with Gasteiger partial charge in [-0.3, -0.25) is 0 Å². The van der Waals surface area contributed by atoms with E-state index >= 15 is 0 Å². The molecule has 0 amide bonds. The zero-order valence-electron chi connectivity index (χ0n) is 15.4. The highest BCUT2D eigenvalue weighted by Crippen LogP contribution is 2.23. The van der Waals surface area contributed by atoms with E-state index in [9.17, 15) is 0 Å². The summed E-state index contributed by atoms with van der Waals surface area (Å²) in [6, 6.07) is 29.4. The monoisotopic (exact) mass is 342 g/mol. The fourth-order valence-corrected chi connectivity index (χ4v) is 3.30. The van der Waals surface area contributed by atoms with E-state index in [1.54, 1.807) is 0 Å². The molecule has 0 bridgehead atoms. The smallest absolute Gasteiger partial charge is 0.0272 e. The highest BCUT2D eigenvalue weighted by Gasteiger charge is 2.03. The van der Waals surface area contributed by atoms with Gasteiger partial charge >= 0.3 is 0 Å². The molecule has 26 heavy (non-hydrogen) atoms. The Hall–Kier alpha value is -2.68. The first-order valence-corrected chi connectivity index (χ1v) is 9.04. The van der Waals surface area contributed by atoms with Gasteiger partial charge in [0, 0.05) is 12.1 Å². The minimum absolute atomic E-state index is 0.103. The number of hydrogen-bond donors (Lipinski definition) is 2. The van der Waals surface area contributed by atoms with Gasteiger partial charge in [-0.2, -0.15) is 0 Å². The molecule has 0 spiro atoms. The van der Waals surface area contributed by atoms with E-state index in [1.807, 2.05) is 38.1 Å². The van der Waals surface area contributed by atoms with E-state index in [0.717, 1.165) is 0 Å². The first-order chi connectivity index (χ1) is 12.6. The molecule has 0 heterocycles. The van der Waals surface area contributed by atoms with Crippen molar-refractivity contribution in [3.8, 4) is 0 Å². The second-order valence-corrected chi connectivity index (χ2v) is 6.71. The Morgan fingerprint density at radius 2 is 0.846 bits per heavy atom. The van der Waals surface area contributed by atoms with Gasteiger partial charge in [-0.05, 0) is 46.5 Å². The van der Waals surface area contributed by atoms with Crippen LogP contribution in [0, 0.1) is 0 Å². The Morgan fingerprint density at radius 1 is 0.500 bits per heavy atom. The maximum atomic E-state index is 5.88. The molecule has 0 aliphatic rings. The first kappa shape index (κ1) is 18.1. The van der Waals surface area contributed by atoms with Crippen LogP contribution in [0.25, 0.3) is 21.5 Å². The number of fused-ring (bicyclic) bond motifs is 2. The quantitative estimate of drug-likeness (QED) is 0.489. The lowest BCUT2D eigenvalue weighted by Gasteiger charge is -2.09. The maximum Gasteiger partial charge on any atom is 0.0272 e. The molecule has 0 saturated carbocycles. The first-order valence-electron chi connectivity index (χ1n) is 9.04. The van der Waals surface area contributed by atoms with Crippen LogP contribution in [0.3, 0.4) is 0 Å². The summed E-state index contributed by atoms with van der Waals surface area (Å²) in [6.07, 6.45) is 0. The molecule has 4 aromatic rings. The van der Waals surface area contributed by atoms with E-state index in [4.69, 9.17) is 11.5 Å². The molecule has 4 aromatic carbocycles. The van der Waals surface area contributed by atoms with Crippen LogP contribution in [0.15, 0.2) is 84.9 Å². The summed E-state index contributed by atoms with van der Waals surface area (Å²) in [5.74, 6) is 0. The lowest BCUT2D eigenvalue weighted by molar-refractivity contribution is 0.826. The average molecular weight is 342 g/mol. The topological polar surface area (TPSA) is 52.0 Å². The second-order valence-electron chi connectivity index (χ2n) is 6.71. The summed E-state index contributed by atoms with van der Waals surface area (Å²) in [4.78, 5) is 0. The third-order valence-electron chi connectivity index (χ3n) is 4.63. The fraction of sp³-hybridized carbons (Fsp3) is 0.167. The van der Waals surface area contributed by atoms with Gasteiger partial charge in [-0.25, -0.2) is 0 Å². The van der Waals surface area contributed by atoms with Crippen LogP contribution in [0.1, 0.15) is 37.1 Å². The van der Waals surface area contributed by atoms with Crippen molar-refractivity contribution in [3.05, 3.63) is 96.1 Å². The third-order valence-corrected chi connectivity index (χ3v) is 4.63. The van der Waals surface area contributed by atoms with Gasteiger partial charge in [0.05, 0.1) is 0 Å². The van der Waals surface area contributed by atoms with Gasteiger partial charge in [-0.15, -0.1) is 0 Å². The highest BCUT2D eigenvalue weighted by atomic mass is 14.6. The normalized spacial score (nSPS) is 13.1. The Balaban J connectivity index is 0.000000151. The van der Waals surface area contributed by atoms with Crippen molar-refractivity contribution < 1.29 is 0 Å². The van der Waals surface area contributed by atoms with Crippen molar-refractivity contribution in [1.82, 2.24) is 0 Å². The Labute approximate surface area is 155 Å². The van der Waals surface area contributed by atoms with E-state index < -0.39 is 0 Å². The van der Waals surface area contributed by atoms with Gasteiger partial charge in [0.25, 0.3) is 0 Å². The fourth-order valence-electron chi connectivity index (χ4n) is 3.30. The number of rotatable bonds is 2. The lowest BCUT2D eigenvalue weighted by atomic mass is 10.0. The Bertz CT molecular complexity index is 909. The van der Waals surface area contributed by atoms with Crippen molar-refractivity contribution in [2.75, 3.05) is 0 Å². The van der Waals surface area contributed by atoms with Gasteiger partial charge in [0.15, 0.2) is 0 Å². The molecule has 0 aliphatic carbocycles. The average Bonchev–Trinajstić information content (AvgIpc) is 2.67. The number of benzene rings is 4. The molecule has 2 atom stereocenters. The summed E-state index contributed by atoms with van der Waals surface area (Å²) in [6.45, 7) is 4.03. The molecule has 0 radical (unpaired) electrons. The molecule has 0 saturated heterocycles. The van der Waals surface area contributed by atoms with E-state index in [2.05, 4.69) is 60.7 Å². The molecule has 0 aliphatic heterocycles. The minimum Gasteiger partial charge on any atom is -0.324 e. The summed E-state index contributed by atoms with van der Waals surface area (Å²) >= 11 is 0. The van der Waals surface area contributed by atoms with Crippen LogP contribution in [-0.2, 0) is 0 Å². The largest absolute Gasteiger partial charge is 0.324 e. The van der Waals surface area contributed by atoms with E-state index in [-0.39, 0.29) is 12.1 Å². The van der Waals surface area contributed by atoms with Crippen LogP contribution in [0.4, 0.5) is 0 Å². The standard InChI is InChI=1S/2C12H13N/c2*1-9(13)11-8-4-6-10-5-2-3-7-12(10)11/h2*2-9H,13H2,1H3. The van der Waals surface area contributed by atoms with E-state index in [0.29, 0.717) is 0 Å². The predicted molar refractivity (Wildman–Crippen MR) is 113 cm³/mol. The summed E-state index contributed by atoms with van der Waals surface area (Å²) in [5.41, 5.74) is 14.2. The van der Waals surface area contributed by atoms with Crippen LogP contribution in [-0.4, -0.2) is 0 Å². The predicted octanol–water partition coefficient (Wildman–Crippen LogP) is 5.72. The number of nitrogens with two attached hydrogens (primary N) is 2. The van der Waals surface area contributed by atoms with Crippen LogP contribution >= 0.6 is 0 Å². The van der Waals surface area contributed by atoms with Crippen LogP contribution in [0.2, 0.25) is 0 Å². The SMILES string of the molecule is CC(N)c1cccc2ccccc12.CC(N)c1cccc2ccccc12. The van der Waals surface area contributed by atoms with E-state index in [1.165, 1.54) is 32.7 Å². The van der Waals surface area contributed by atoms with Crippen LogP contribution < -0.4 is 11.5 Å². The molecular weight excluding hydrogens is 316 g/mol. The molecular formula is C24H26N2. The third kappa shape index (κ3) is 3.93. The van der Waals surface area contributed by atoms with Gasteiger partial charge in [0.2, 0.25) is 0 Å². The van der Waals surface area contributed by atoms with Crippen molar-refractivity contribution in [1.29, 1.82) is 0 Å². The molecule has 2 heteroatoms. The maximum absolute atomic E-state index is 5.88. The van der Waals surface area contributed by atoms with Crippen molar-refractivity contribution >= 4 is 21.5 Å². The Kier molecular flexibility index (Phi) is 5.67. The molecule has 2 unspecified atom stereocenters. The lowest BCUT2D eigenvalue weighted by Crippen LogP contribution is -2.05. The highest BCUT2D eigenvalue weighted by molar-refractivity contribution is 5.86. The van der Waals surface area contributed by atoms with Crippen molar-refractivity contribution in [2.45, 2.75) is 25.9 Å². The second kappa shape index (κ2) is 8.13. The van der Waals surface area contributed by atoms with Crippen LogP contribution in [0.5, 0.6) is 0 Å². The van der Waals surface area contributed by atoms with Crippen molar-refractivity contribution in [3.63, 3.8) is 0 Å². The zero-order chi connectivity index (χ0) is 18.5.